The number of aliphatic hydroxyl groups excluding tert-OH is 1. The second-order valence-electron chi connectivity index (χ2n) is 3.38. The van der Waals surface area contributed by atoms with Crippen LogP contribution >= 0.6 is 0 Å². The normalized spacial score (nSPS) is 27.1. The molecule has 5 heteroatoms. The lowest BCUT2D eigenvalue weighted by atomic mass is 10.2. The molecule has 1 aliphatic rings. The molecule has 0 radical (unpaired) electrons. The van der Waals surface area contributed by atoms with Crippen molar-refractivity contribution < 1.29 is 14.6 Å². The van der Waals surface area contributed by atoms with E-state index in [4.69, 9.17) is 15.1 Å². The molecule has 0 aliphatic carbocycles. The highest BCUT2D eigenvalue weighted by atomic mass is 16.5. The first kappa shape index (κ1) is 11.0. The maximum atomic E-state index is 11.4. The number of amides is 1. The predicted octanol–water partition coefficient (Wildman–Crippen LogP) is -0.492. The summed E-state index contributed by atoms with van der Waals surface area (Å²) in [7, 11) is 0. The van der Waals surface area contributed by atoms with Gasteiger partial charge in [-0.15, -0.1) is 0 Å². The minimum Gasteiger partial charge on any atom is -0.394 e. The van der Waals surface area contributed by atoms with E-state index in [1.54, 1.807) is 4.90 Å². The van der Waals surface area contributed by atoms with Gasteiger partial charge in [0, 0.05) is 13.1 Å². The number of carbonyl (C=O) groups excluding carboxylic acids is 1. The number of nitriles is 1. The Kier molecular flexibility index (Phi) is 3.86. The van der Waals surface area contributed by atoms with Crippen LogP contribution in [-0.4, -0.2) is 47.8 Å². The first-order valence-electron chi connectivity index (χ1n) is 4.58. The maximum Gasteiger partial charge on any atom is 0.236 e. The van der Waals surface area contributed by atoms with Crippen molar-refractivity contribution in [3.8, 4) is 6.07 Å². The van der Waals surface area contributed by atoms with E-state index in [9.17, 15) is 4.79 Å². The second-order valence-corrected chi connectivity index (χ2v) is 3.38. The first-order valence-corrected chi connectivity index (χ1v) is 4.58. The summed E-state index contributed by atoms with van der Waals surface area (Å²) in [5.41, 5.74) is 0. The molecular formula is C9H14N2O3. The van der Waals surface area contributed by atoms with Crippen LogP contribution in [-0.2, 0) is 9.53 Å². The van der Waals surface area contributed by atoms with Crippen molar-refractivity contribution in [1.29, 1.82) is 5.26 Å². The van der Waals surface area contributed by atoms with Gasteiger partial charge < -0.3 is 14.7 Å². The first-order chi connectivity index (χ1) is 6.67. The van der Waals surface area contributed by atoms with Crippen LogP contribution in [0.2, 0.25) is 0 Å². The van der Waals surface area contributed by atoms with E-state index in [-0.39, 0.29) is 31.1 Å². The van der Waals surface area contributed by atoms with Crippen molar-refractivity contribution in [2.75, 3.05) is 19.7 Å². The Bertz CT molecular complexity index is 249. The summed E-state index contributed by atoms with van der Waals surface area (Å²) in [6, 6.07) is 1.82. The molecule has 0 aromatic heterocycles. The Labute approximate surface area is 82.9 Å². The number of morpholine rings is 1. The molecule has 2 unspecified atom stereocenters. The topological polar surface area (TPSA) is 73.6 Å². The van der Waals surface area contributed by atoms with E-state index in [0.717, 1.165) is 0 Å². The van der Waals surface area contributed by atoms with Gasteiger partial charge in [0.2, 0.25) is 5.91 Å². The highest BCUT2D eigenvalue weighted by Gasteiger charge is 2.27. The third-order valence-electron chi connectivity index (χ3n) is 2.11. The molecule has 2 atom stereocenters. The van der Waals surface area contributed by atoms with Gasteiger partial charge in [-0.1, -0.05) is 0 Å². The van der Waals surface area contributed by atoms with Crippen LogP contribution in [0.15, 0.2) is 0 Å². The molecule has 14 heavy (non-hydrogen) atoms. The molecule has 1 amide bonds. The summed E-state index contributed by atoms with van der Waals surface area (Å²) < 4.78 is 5.37. The lowest BCUT2D eigenvalue weighted by Crippen LogP contribution is -2.50. The second kappa shape index (κ2) is 4.94. The Morgan fingerprint density at radius 3 is 3.00 bits per heavy atom. The average molecular weight is 198 g/mol. The largest absolute Gasteiger partial charge is 0.394 e. The van der Waals surface area contributed by atoms with Crippen LogP contribution in [0.5, 0.6) is 0 Å². The van der Waals surface area contributed by atoms with Crippen molar-refractivity contribution in [1.82, 2.24) is 4.90 Å². The molecule has 78 valence electrons. The summed E-state index contributed by atoms with van der Waals surface area (Å²) in [4.78, 5) is 12.9. The van der Waals surface area contributed by atoms with Crippen molar-refractivity contribution >= 4 is 5.91 Å². The molecule has 0 spiro atoms. The van der Waals surface area contributed by atoms with Gasteiger partial charge in [-0.05, 0) is 6.92 Å². The number of hydrogen-bond acceptors (Lipinski definition) is 4. The van der Waals surface area contributed by atoms with Crippen LogP contribution in [0.3, 0.4) is 0 Å². The summed E-state index contributed by atoms with van der Waals surface area (Å²) in [5, 5.41) is 17.3. The third-order valence-corrected chi connectivity index (χ3v) is 2.11. The number of rotatable bonds is 2. The molecule has 5 nitrogen and oxygen atoms in total. The van der Waals surface area contributed by atoms with E-state index >= 15 is 0 Å². The molecular weight excluding hydrogens is 184 g/mol. The minimum absolute atomic E-state index is 0.0801. The fraction of sp³-hybridized carbons (Fsp3) is 0.778. The minimum atomic E-state index is -0.318. The van der Waals surface area contributed by atoms with Crippen molar-refractivity contribution in [3.63, 3.8) is 0 Å². The van der Waals surface area contributed by atoms with E-state index < -0.39 is 0 Å². The highest BCUT2D eigenvalue weighted by molar-refractivity contribution is 5.78. The molecule has 0 bridgehead atoms. The Morgan fingerprint density at radius 1 is 1.71 bits per heavy atom. The molecule has 1 N–H and O–H groups in total. The van der Waals surface area contributed by atoms with Crippen LogP contribution in [0, 0.1) is 11.3 Å². The Morgan fingerprint density at radius 2 is 2.43 bits per heavy atom. The molecule has 0 saturated carbocycles. The monoisotopic (exact) mass is 198 g/mol. The van der Waals surface area contributed by atoms with Gasteiger partial charge in [0.15, 0.2) is 0 Å². The van der Waals surface area contributed by atoms with Crippen molar-refractivity contribution in [2.45, 2.75) is 25.6 Å². The zero-order chi connectivity index (χ0) is 10.6. The van der Waals surface area contributed by atoms with Gasteiger partial charge in [-0.25, -0.2) is 0 Å². The van der Waals surface area contributed by atoms with Gasteiger partial charge in [0.25, 0.3) is 0 Å². The molecule has 1 heterocycles. The molecule has 1 aliphatic heterocycles. The fourth-order valence-corrected chi connectivity index (χ4v) is 1.53. The van der Waals surface area contributed by atoms with E-state index in [2.05, 4.69) is 0 Å². The molecule has 1 saturated heterocycles. The maximum absolute atomic E-state index is 11.4. The third kappa shape index (κ3) is 2.69. The number of hydrogen-bond donors (Lipinski definition) is 1. The van der Waals surface area contributed by atoms with Crippen LogP contribution < -0.4 is 0 Å². The summed E-state index contributed by atoms with van der Waals surface area (Å²) in [6.07, 6.45) is -0.504. The van der Waals surface area contributed by atoms with Crippen molar-refractivity contribution in [2.24, 2.45) is 0 Å². The number of nitrogens with zero attached hydrogens (tertiary/aromatic N) is 2. The van der Waals surface area contributed by atoms with Gasteiger partial charge in [-0.3, -0.25) is 4.79 Å². The Balaban J connectivity index is 2.53. The Hall–Kier alpha value is -1.12. The quantitative estimate of drug-likeness (QED) is 0.649. The predicted molar refractivity (Wildman–Crippen MR) is 48.2 cm³/mol. The standard InChI is InChI=1S/C9H14N2O3/c1-7-4-11(9(13)2-3-10)5-8(6-12)14-7/h7-8,12H,2,4-6H2,1H3. The van der Waals surface area contributed by atoms with Gasteiger partial charge >= 0.3 is 0 Å². The molecule has 0 aromatic rings. The van der Waals surface area contributed by atoms with Crippen LogP contribution in [0.4, 0.5) is 0 Å². The van der Waals surface area contributed by atoms with E-state index in [0.29, 0.717) is 13.1 Å². The van der Waals surface area contributed by atoms with Gasteiger partial charge in [0.1, 0.15) is 6.42 Å². The summed E-state index contributed by atoms with van der Waals surface area (Å²) in [6.45, 7) is 2.62. The van der Waals surface area contributed by atoms with E-state index in [1.165, 1.54) is 0 Å². The van der Waals surface area contributed by atoms with Crippen molar-refractivity contribution in [3.05, 3.63) is 0 Å². The molecule has 1 rings (SSSR count). The number of carbonyl (C=O) groups is 1. The molecule has 0 aromatic carbocycles. The SMILES string of the molecule is CC1CN(C(=O)CC#N)CC(CO)O1. The van der Waals surface area contributed by atoms with Crippen LogP contribution in [0.25, 0.3) is 0 Å². The average Bonchev–Trinajstić information content (AvgIpc) is 2.17. The smallest absolute Gasteiger partial charge is 0.236 e. The summed E-state index contributed by atoms with van der Waals surface area (Å²) >= 11 is 0. The van der Waals surface area contributed by atoms with Gasteiger partial charge in [0.05, 0.1) is 24.9 Å². The fourth-order valence-electron chi connectivity index (χ4n) is 1.53. The lowest BCUT2D eigenvalue weighted by molar-refractivity contribution is -0.146. The highest BCUT2D eigenvalue weighted by Crippen LogP contribution is 2.11. The molecule has 1 fully saturated rings. The lowest BCUT2D eigenvalue weighted by Gasteiger charge is -2.35. The zero-order valence-electron chi connectivity index (χ0n) is 8.14. The zero-order valence-corrected chi connectivity index (χ0v) is 8.14. The van der Waals surface area contributed by atoms with E-state index in [1.807, 2.05) is 13.0 Å². The number of aliphatic hydroxyl groups is 1. The summed E-state index contributed by atoms with van der Waals surface area (Å²) in [5.74, 6) is -0.193. The van der Waals surface area contributed by atoms with Crippen LogP contribution in [0.1, 0.15) is 13.3 Å². The van der Waals surface area contributed by atoms with Gasteiger partial charge in [-0.2, -0.15) is 5.26 Å². The number of ether oxygens (including phenoxy) is 1.